The zero-order valence-corrected chi connectivity index (χ0v) is 8.68. The highest BCUT2D eigenvalue weighted by molar-refractivity contribution is 5.89. The third kappa shape index (κ3) is 1.82. The predicted octanol–water partition coefficient (Wildman–Crippen LogP) is 2.40. The first-order chi connectivity index (χ1) is 7.72. The number of aromatic nitrogens is 1. The number of nitrogens with zero attached hydrogens (tertiary/aromatic N) is 1. The Hall–Kier alpha value is -2.10. The van der Waals surface area contributed by atoms with E-state index in [0.717, 1.165) is 0 Å². The lowest BCUT2D eigenvalue weighted by Crippen LogP contribution is -1.99. The quantitative estimate of drug-likeness (QED) is 0.726. The standard InChI is InChI=1S/C12H10FNO2/c1-16-12(15)9-6-7-14(8-9)11-5-3-2-4-10(11)13/h2-8H,1H3. The molecule has 0 saturated carbocycles. The molecule has 0 unspecified atom stereocenters. The van der Waals surface area contributed by atoms with Gasteiger partial charge in [-0.2, -0.15) is 0 Å². The van der Waals surface area contributed by atoms with Gasteiger partial charge in [-0.05, 0) is 18.2 Å². The predicted molar refractivity (Wildman–Crippen MR) is 57.1 cm³/mol. The van der Waals surface area contributed by atoms with E-state index in [9.17, 15) is 9.18 Å². The number of halogens is 1. The third-order valence-electron chi connectivity index (χ3n) is 2.24. The molecule has 0 atom stereocenters. The topological polar surface area (TPSA) is 31.2 Å². The van der Waals surface area contributed by atoms with Crippen LogP contribution in [0.1, 0.15) is 10.4 Å². The van der Waals surface area contributed by atoms with E-state index in [4.69, 9.17) is 0 Å². The van der Waals surface area contributed by atoms with Crippen molar-refractivity contribution in [3.05, 3.63) is 54.1 Å². The molecule has 1 aromatic heterocycles. The summed E-state index contributed by atoms with van der Waals surface area (Å²) in [5.74, 6) is -0.774. The van der Waals surface area contributed by atoms with Crippen LogP contribution >= 0.6 is 0 Å². The molecule has 0 aliphatic heterocycles. The number of hydrogen-bond acceptors (Lipinski definition) is 2. The molecule has 82 valence electrons. The average Bonchev–Trinajstić information content (AvgIpc) is 2.78. The molecular formula is C12H10FNO2. The lowest BCUT2D eigenvalue weighted by atomic mass is 10.3. The number of ether oxygens (including phenoxy) is 1. The van der Waals surface area contributed by atoms with Crippen LogP contribution in [0.25, 0.3) is 5.69 Å². The van der Waals surface area contributed by atoms with Gasteiger partial charge in [-0.25, -0.2) is 9.18 Å². The van der Waals surface area contributed by atoms with Crippen LogP contribution in [0.2, 0.25) is 0 Å². The zero-order valence-electron chi connectivity index (χ0n) is 8.68. The molecule has 0 N–H and O–H groups in total. The van der Waals surface area contributed by atoms with Crippen LogP contribution in [0.5, 0.6) is 0 Å². The minimum atomic E-state index is -0.435. The van der Waals surface area contributed by atoms with Gasteiger partial charge in [0.1, 0.15) is 5.82 Å². The van der Waals surface area contributed by atoms with Crippen molar-refractivity contribution in [3.63, 3.8) is 0 Å². The van der Waals surface area contributed by atoms with E-state index in [1.807, 2.05) is 0 Å². The first-order valence-corrected chi connectivity index (χ1v) is 4.73. The molecule has 2 aromatic rings. The van der Waals surface area contributed by atoms with Gasteiger partial charge in [0.25, 0.3) is 0 Å². The number of esters is 1. The second-order valence-corrected chi connectivity index (χ2v) is 3.25. The van der Waals surface area contributed by atoms with E-state index in [1.54, 1.807) is 35.0 Å². The molecule has 3 nitrogen and oxygen atoms in total. The highest BCUT2D eigenvalue weighted by Gasteiger charge is 2.09. The Morgan fingerprint density at radius 2 is 2.06 bits per heavy atom. The summed E-state index contributed by atoms with van der Waals surface area (Å²) in [7, 11) is 1.31. The van der Waals surface area contributed by atoms with Gasteiger partial charge in [-0.15, -0.1) is 0 Å². The lowest BCUT2D eigenvalue weighted by Gasteiger charge is -2.03. The highest BCUT2D eigenvalue weighted by atomic mass is 19.1. The van der Waals surface area contributed by atoms with Gasteiger partial charge in [0.15, 0.2) is 0 Å². The van der Waals surface area contributed by atoms with E-state index < -0.39 is 5.97 Å². The number of para-hydroxylation sites is 1. The van der Waals surface area contributed by atoms with Gasteiger partial charge in [-0.3, -0.25) is 0 Å². The highest BCUT2D eigenvalue weighted by Crippen LogP contribution is 2.14. The van der Waals surface area contributed by atoms with E-state index >= 15 is 0 Å². The molecule has 0 spiro atoms. The molecule has 0 amide bonds. The maximum absolute atomic E-state index is 13.4. The summed E-state index contributed by atoms with van der Waals surface area (Å²) in [5, 5.41) is 0. The Morgan fingerprint density at radius 1 is 1.31 bits per heavy atom. The van der Waals surface area contributed by atoms with Gasteiger partial charge < -0.3 is 9.30 Å². The summed E-state index contributed by atoms with van der Waals surface area (Å²) in [6.07, 6.45) is 3.15. The molecule has 0 fully saturated rings. The van der Waals surface area contributed by atoms with Gasteiger partial charge in [-0.1, -0.05) is 12.1 Å². The monoisotopic (exact) mass is 219 g/mol. The van der Waals surface area contributed by atoms with Crippen molar-refractivity contribution >= 4 is 5.97 Å². The fourth-order valence-corrected chi connectivity index (χ4v) is 1.45. The lowest BCUT2D eigenvalue weighted by molar-refractivity contribution is 0.0601. The van der Waals surface area contributed by atoms with Crippen molar-refractivity contribution in [2.45, 2.75) is 0 Å². The van der Waals surface area contributed by atoms with Crippen molar-refractivity contribution in [2.24, 2.45) is 0 Å². The smallest absolute Gasteiger partial charge is 0.339 e. The van der Waals surface area contributed by atoms with Crippen LogP contribution in [0.15, 0.2) is 42.7 Å². The first-order valence-electron chi connectivity index (χ1n) is 4.73. The van der Waals surface area contributed by atoms with Crippen molar-refractivity contribution in [1.82, 2.24) is 4.57 Å². The summed E-state index contributed by atoms with van der Waals surface area (Å²) < 4.78 is 19.5. The Kier molecular flexibility index (Phi) is 2.72. The van der Waals surface area contributed by atoms with Crippen LogP contribution in [0.3, 0.4) is 0 Å². The zero-order chi connectivity index (χ0) is 11.5. The summed E-state index contributed by atoms with van der Waals surface area (Å²) in [6, 6.07) is 7.93. The van der Waals surface area contributed by atoms with Crippen LogP contribution in [-0.2, 0) is 4.74 Å². The molecule has 2 rings (SSSR count). The Labute approximate surface area is 92.1 Å². The largest absolute Gasteiger partial charge is 0.465 e. The summed E-state index contributed by atoms with van der Waals surface area (Å²) in [5.41, 5.74) is 0.795. The normalized spacial score (nSPS) is 10.1. The van der Waals surface area contributed by atoms with Crippen LogP contribution < -0.4 is 0 Å². The van der Waals surface area contributed by atoms with Gasteiger partial charge in [0, 0.05) is 12.4 Å². The van der Waals surface area contributed by atoms with Crippen molar-refractivity contribution in [1.29, 1.82) is 0 Å². The van der Waals surface area contributed by atoms with Gasteiger partial charge in [0.05, 0.1) is 18.4 Å². The molecule has 0 bridgehead atoms. The molecule has 0 aliphatic carbocycles. The van der Waals surface area contributed by atoms with E-state index in [-0.39, 0.29) is 5.82 Å². The van der Waals surface area contributed by atoms with Crippen molar-refractivity contribution < 1.29 is 13.9 Å². The fraction of sp³-hybridized carbons (Fsp3) is 0.0833. The molecule has 0 saturated heterocycles. The van der Waals surface area contributed by atoms with E-state index in [0.29, 0.717) is 11.3 Å². The number of methoxy groups -OCH3 is 1. The molecule has 16 heavy (non-hydrogen) atoms. The molecular weight excluding hydrogens is 209 g/mol. The number of hydrogen-bond donors (Lipinski definition) is 0. The van der Waals surface area contributed by atoms with Crippen molar-refractivity contribution in [3.8, 4) is 5.69 Å². The molecule has 1 aromatic carbocycles. The van der Waals surface area contributed by atoms with Crippen molar-refractivity contribution in [2.75, 3.05) is 7.11 Å². The SMILES string of the molecule is COC(=O)c1ccn(-c2ccccc2F)c1. The number of carbonyl (C=O) groups excluding carboxylic acids is 1. The summed E-state index contributed by atoms with van der Waals surface area (Å²) >= 11 is 0. The Bertz CT molecular complexity index is 519. The summed E-state index contributed by atoms with van der Waals surface area (Å²) in [6.45, 7) is 0. The second kappa shape index (κ2) is 4.18. The van der Waals surface area contributed by atoms with E-state index in [2.05, 4.69) is 4.74 Å². The van der Waals surface area contributed by atoms with E-state index in [1.165, 1.54) is 19.4 Å². The molecule has 0 radical (unpaired) electrons. The third-order valence-corrected chi connectivity index (χ3v) is 2.24. The number of benzene rings is 1. The number of carbonyl (C=O) groups is 1. The maximum Gasteiger partial charge on any atom is 0.339 e. The minimum absolute atomic E-state index is 0.338. The summed E-state index contributed by atoms with van der Waals surface area (Å²) in [4.78, 5) is 11.2. The van der Waals surface area contributed by atoms with Crippen LogP contribution in [0.4, 0.5) is 4.39 Å². The van der Waals surface area contributed by atoms with Gasteiger partial charge in [0.2, 0.25) is 0 Å². The van der Waals surface area contributed by atoms with Gasteiger partial charge >= 0.3 is 5.97 Å². The average molecular weight is 219 g/mol. The van der Waals surface area contributed by atoms with Crippen LogP contribution in [-0.4, -0.2) is 17.6 Å². The first kappa shape index (κ1) is 10.4. The molecule has 0 aliphatic rings. The molecule has 1 heterocycles. The minimum Gasteiger partial charge on any atom is -0.465 e. The maximum atomic E-state index is 13.4. The number of rotatable bonds is 2. The fourth-order valence-electron chi connectivity index (χ4n) is 1.45. The van der Waals surface area contributed by atoms with Crippen LogP contribution in [0, 0.1) is 5.82 Å². The Morgan fingerprint density at radius 3 is 2.75 bits per heavy atom. The Balaban J connectivity index is 2.39. The second-order valence-electron chi connectivity index (χ2n) is 3.25. The molecule has 4 heteroatoms.